The summed E-state index contributed by atoms with van der Waals surface area (Å²) in [6.45, 7) is 3.55. The van der Waals surface area contributed by atoms with E-state index in [0.717, 1.165) is 6.42 Å². The maximum Gasteiger partial charge on any atom is 0.103 e. The number of hydrogen-bond donors (Lipinski definition) is 3. The fourth-order valence-corrected chi connectivity index (χ4v) is 1.17. The molecule has 0 aliphatic heterocycles. The normalized spacial score (nSPS) is 17.4. The van der Waals surface area contributed by atoms with E-state index in [1.54, 1.807) is 18.2 Å². The van der Waals surface area contributed by atoms with Crippen LogP contribution in [0.15, 0.2) is 23.8 Å². The second kappa shape index (κ2) is 7.74. The smallest absolute Gasteiger partial charge is 0.103 e. The highest BCUT2D eigenvalue weighted by molar-refractivity contribution is 5.17. The minimum Gasteiger partial charge on any atom is -0.392 e. The Balaban J connectivity index is 4.36. The number of rotatable bonds is 6. The average Bonchev–Trinajstić information content (AvgIpc) is 2.19. The summed E-state index contributed by atoms with van der Waals surface area (Å²) in [5, 5.41) is 28.1. The molecule has 3 nitrogen and oxygen atoms in total. The third-order valence-corrected chi connectivity index (χ3v) is 2.01. The topological polar surface area (TPSA) is 60.7 Å². The summed E-state index contributed by atoms with van der Waals surface area (Å²) in [6, 6.07) is 0. The van der Waals surface area contributed by atoms with Gasteiger partial charge in [0.1, 0.15) is 6.10 Å². The maximum atomic E-state index is 9.62. The predicted molar refractivity (Wildman–Crippen MR) is 56.9 cm³/mol. The highest BCUT2D eigenvalue weighted by Crippen LogP contribution is 2.11. The van der Waals surface area contributed by atoms with Gasteiger partial charge in [0.2, 0.25) is 0 Å². The molecular weight excluding hydrogens is 180 g/mol. The molecule has 0 aromatic carbocycles. The Hall–Kier alpha value is -0.640. The molecule has 0 saturated carbocycles. The van der Waals surface area contributed by atoms with Crippen LogP contribution in [0.2, 0.25) is 0 Å². The Morgan fingerprint density at radius 2 is 2.00 bits per heavy atom. The first-order chi connectivity index (χ1) is 6.67. The van der Waals surface area contributed by atoms with Crippen LogP contribution in [0.25, 0.3) is 0 Å². The van der Waals surface area contributed by atoms with Gasteiger partial charge in [0.05, 0.1) is 12.7 Å². The molecule has 82 valence electrons. The van der Waals surface area contributed by atoms with Crippen molar-refractivity contribution in [2.45, 2.75) is 38.9 Å². The second-order valence-corrected chi connectivity index (χ2v) is 3.23. The van der Waals surface area contributed by atoms with E-state index in [9.17, 15) is 10.2 Å². The van der Waals surface area contributed by atoms with Crippen molar-refractivity contribution in [2.75, 3.05) is 6.61 Å². The van der Waals surface area contributed by atoms with Crippen LogP contribution in [0.3, 0.4) is 0 Å². The largest absolute Gasteiger partial charge is 0.392 e. The fraction of sp³-hybridized carbons (Fsp3) is 0.636. The molecule has 0 heterocycles. The summed E-state index contributed by atoms with van der Waals surface area (Å²) in [6.07, 6.45) is 4.75. The summed E-state index contributed by atoms with van der Waals surface area (Å²) in [5.74, 6) is 0. The van der Waals surface area contributed by atoms with Crippen molar-refractivity contribution >= 4 is 0 Å². The molecule has 0 aromatic heterocycles. The zero-order chi connectivity index (χ0) is 11.0. The molecule has 2 atom stereocenters. The molecular formula is C11H20O3. The van der Waals surface area contributed by atoms with Gasteiger partial charge in [0.25, 0.3) is 0 Å². The molecule has 0 unspecified atom stereocenters. The van der Waals surface area contributed by atoms with Crippen LogP contribution in [0, 0.1) is 0 Å². The minimum atomic E-state index is -0.962. The summed E-state index contributed by atoms with van der Waals surface area (Å²) < 4.78 is 0. The molecule has 0 spiro atoms. The van der Waals surface area contributed by atoms with Crippen molar-refractivity contribution in [1.29, 1.82) is 0 Å². The van der Waals surface area contributed by atoms with Crippen LogP contribution in [0.4, 0.5) is 0 Å². The quantitative estimate of drug-likeness (QED) is 0.561. The van der Waals surface area contributed by atoms with Crippen LogP contribution in [-0.4, -0.2) is 34.1 Å². The maximum absolute atomic E-state index is 9.62. The van der Waals surface area contributed by atoms with Crippen molar-refractivity contribution in [1.82, 2.24) is 0 Å². The number of aliphatic hydroxyl groups excluding tert-OH is 3. The molecule has 0 radical (unpaired) electrons. The van der Waals surface area contributed by atoms with E-state index in [2.05, 4.69) is 0 Å². The molecule has 14 heavy (non-hydrogen) atoms. The molecule has 0 aliphatic rings. The Morgan fingerprint density at radius 1 is 1.36 bits per heavy atom. The van der Waals surface area contributed by atoms with Crippen LogP contribution in [0.5, 0.6) is 0 Å². The lowest BCUT2D eigenvalue weighted by atomic mass is 10.0. The fourth-order valence-electron chi connectivity index (χ4n) is 1.17. The van der Waals surface area contributed by atoms with Gasteiger partial charge in [-0.3, -0.25) is 0 Å². The first-order valence-electron chi connectivity index (χ1n) is 4.96. The predicted octanol–water partition coefficient (Wildman–Crippen LogP) is 1.00. The monoisotopic (exact) mass is 200 g/mol. The molecule has 0 bridgehead atoms. The zero-order valence-corrected chi connectivity index (χ0v) is 8.85. The van der Waals surface area contributed by atoms with E-state index in [0.29, 0.717) is 12.0 Å². The van der Waals surface area contributed by atoms with Gasteiger partial charge in [-0.25, -0.2) is 0 Å². The molecule has 0 saturated heterocycles. The van der Waals surface area contributed by atoms with E-state index in [1.165, 1.54) is 0 Å². The van der Waals surface area contributed by atoms with Crippen molar-refractivity contribution in [3.05, 3.63) is 23.8 Å². The van der Waals surface area contributed by atoms with Gasteiger partial charge >= 0.3 is 0 Å². The van der Waals surface area contributed by atoms with Crippen molar-refractivity contribution in [2.24, 2.45) is 0 Å². The van der Waals surface area contributed by atoms with Crippen molar-refractivity contribution in [3.8, 4) is 0 Å². The van der Waals surface area contributed by atoms with Crippen LogP contribution >= 0.6 is 0 Å². The summed E-state index contributed by atoms with van der Waals surface area (Å²) >= 11 is 0. The minimum absolute atomic E-state index is 0.230. The van der Waals surface area contributed by atoms with Gasteiger partial charge in [0, 0.05) is 0 Å². The van der Waals surface area contributed by atoms with Crippen LogP contribution in [0.1, 0.15) is 26.7 Å². The van der Waals surface area contributed by atoms with Gasteiger partial charge in [-0.2, -0.15) is 0 Å². The zero-order valence-electron chi connectivity index (χ0n) is 8.85. The number of aliphatic hydroxyl groups is 3. The molecule has 0 rings (SSSR count). The summed E-state index contributed by atoms with van der Waals surface area (Å²) in [4.78, 5) is 0. The van der Waals surface area contributed by atoms with Crippen LogP contribution < -0.4 is 0 Å². The Morgan fingerprint density at radius 3 is 2.43 bits per heavy atom. The highest BCUT2D eigenvalue weighted by atomic mass is 16.3. The molecule has 3 N–H and O–H groups in total. The van der Waals surface area contributed by atoms with E-state index in [4.69, 9.17) is 5.11 Å². The third-order valence-electron chi connectivity index (χ3n) is 2.01. The SMILES string of the molecule is C/C=C/C=C(/CO)[C@H](O)[C@H](O)CCC. The van der Waals surface area contributed by atoms with Gasteiger partial charge in [-0.05, 0) is 18.9 Å². The Labute approximate surface area is 85.4 Å². The molecule has 0 aromatic rings. The lowest BCUT2D eigenvalue weighted by Gasteiger charge is -2.18. The highest BCUT2D eigenvalue weighted by Gasteiger charge is 2.18. The average molecular weight is 200 g/mol. The molecule has 0 aliphatic carbocycles. The first-order valence-corrected chi connectivity index (χ1v) is 4.96. The van der Waals surface area contributed by atoms with Gasteiger partial charge in [0.15, 0.2) is 0 Å². The van der Waals surface area contributed by atoms with Gasteiger partial charge < -0.3 is 15.3 Å². The second-order valence-electron chi connectivity index (χ2n) is 3.23. The lowest BCUT2D eigenvalue weighted by Crippen LogP contribution is -2.29. The van der Waals surface area contributed by atoms with Gasteiger partial charge in [-0.15, -0.1) is 0 Å². The van der Waals surface area contributed by atoms with E-state index in [-0.39, 0.29) is 6.61 Å². The van der Waals surface area contributed by atoms with Crippen molar-refractivity contribution in [3.63, 3.8) is 0 Å². The van der Waals surface area contributed by atoms with E-state index in [1.807, 2.05) is 13.8 Å². The third kappa shape index (κ3) is 4.56. The van der Waals surface area contributed by atoms with E-state index >= 15 is 0 Å². The lowest BCUT2D eigenvalue weighted by molar-refractivity contribution is 0.0302. The van der Waals surface area contributed by atoms with Gasteiger partial charge in [-0.1, -0.05) is 31.6 Å². The number of allylic oxidation sites excluding steroid dienone is 3. The molecule has 3 heteroatoms. The first kappa shape index (κ1) is 13.4. The Bertz CT molecular complexity index is 197. The Kier molecular flexibility index (Phi) is 7.38. The standard InChI is InChI=1S/C11H20O3/c1-3-5-7-9(8-12)11(14)10(13)6-4-2/h3,5,7,10-14H,4,6,8H2,1-2H3/b5-3+,9-7-/t10-,11+/m1/s1. The van der Waals surface area contributed by atoms with Crippen LogP contribution in [-0.2, 0) is 0 Å². The molecule has 0 amide bonds. The summed E-state index contributed by atoms with van der Waals surface area (Å²) in [5.41, 5.74) is 0.448. The molecule has 0 fully saturated rings. The summed E-state index contributed by atoms with van der Waals surface area (Å²) in [7, 11) is 0. The van der Waals surface area contributed by atoms with Crippen molar-refractivity contribution < 1.29 is 15.3 Å². The number of hydrogen-bond acceptors (Lipinski definition) is 3. The van der Waals surface area contributed by atoms with E-state index < -0.39 is 12.2 Å².